The van der Waals surface area contributed by atoms with E-state index in [9.17, 15) is 9.18 Å². The molecule has 0 amide bonds. The average molecular weight is 354 g/mol. The third-order valence-electron chi connectivity index (χ3n) is 4.53. The molecule has 6 nitrogen and oxygen atoms in total. The van der Waals surface area contributed by atoms with Gasteiger partial charge in [0, 0.05) is 37.4 Å². The number of benzene rings is 2. The SMILES string of the molecule is O=c1oc(-c2ccc(F)cc2)nn1CN1CCN(c2ccccc2)CC1. The molecular weight excluding hydrogens is 335 g/mol. The summed E-state index contributed by atoms with van der Waals surface area (Å²) < 4.78 is 19.5. The van der Waals surface area contributed by atoms with Crippen LogP contribution in [0.1, 0.15) is 0 Å². The van der Waals surface area contributed by atoms with Gasteiger partial charge in [-0.25, -0.2) is 9.18 Å². The van der Waals surface area contributed by atoms with E-state index in [0.29, 0.717) is 12.2 Å². The smallest absolute Gasteiger partial charge is 0.388 e. The van der Waals surface area contributed by atoms with Crippen LogP contribution >= 0.6 is 0 Å². The van der Waals surface area contributed by atoms with Gasteiger partial charge in [-0.3, -0.25) is 4.90 Å². The molecule has 134 valence electrons. The summed E-state index contributed by atoms with van der Waals surface area (Å²) in [4.78, 5) is 16.6. The molecule has 4 rings (SSSR count). The number of para-hydroxylation sites is 1. The molecule has 0 bridgehead atoms. The van der Waals surface area contributed by atoms with Crippen molar-refractivity contribution in [2.24, 2.45) is 0 Å². The fourth-order valence-corrected chi connectivity index (χ4v) is 3.08. The molecule has 0 N–H and O–H groups in total. The van der Waals surface area contributed by atoms with Gasteiger partial charge >= 0.3 is 5.76 Å². The second-order valence-electron chi connectivity index (χ2n) is 6.26. The lowest BCUT2D eigenvalue weighted by Gasteiger charge is -2.35. The summed E-state index contributed by atoms with van der Waals surface area (Å²) in [5.74, 6) is -0.639. The fraction of sp³-hybridized carbons (Fsp3) is 0.263. The molecule has 0 radical (unpaired) electrons. The maximum Gasteiger partial charge on any atom is 0.438 e. The Morgan fingerprint density at radius 1 is 0.962 bits per heavy atom. The zero-order valence-electron chi connectivity index (χ0n) is 14.2. The van der Waals surface area contributed by atoms with Crippen molar-refractivity contribution in [3.05, 3.63) is 71.0 Å². The molecule has 1 aliphatic rings. The highest BCUT2D eigenvalue weighted by atomic mass is 19.1. The maximum absolute atomic E-state index is 13.0. The number of nitrogens with zero attached hydrogens (tertiary/aromatic N) is 4. The van der Waals surface area contributed by atoms with Crippen molar-refractivity contribution in [2.45, 2.75) is 6.67 Å². The van der Waals surface area contributed by atoms with Gasteiger partial charge in [-0.15, -0.1) is 5.10 Å². The summed E-state index contributed by atoms with van der Waals surface area (Å²) in [5, 5.41) is 4.24. The molecule has 3 aromatic rings. The van der Waals surface area contributed by atoms with Gasteiger partial charge < -0.3 is 9.32 Å². The number of hydrogen-bond acceptors (Lipinski definition) is 5. The van der Waals surface area contributed by atoms with E-state index >= 15 is 0 Å². The second-order valence-corrected chi connectivity index (χ2v) is 6.26. The summed E-state index contributed by atoms with van der Waals surface area (Å²) in [6, 6.07) is 16.0. The van der Waals surface area contributed by atoms with E-state index in [2.05, 4.69) is 27.0 Å². The van der Waals surface area contributed by atoms with E-state index in [-0.39, 0.29) is 11.7 Å². The van der Waals surface area contributed by atoms with Crippen molar-refractivity contribution in [3.8, 4) is 11.5 Å². The fourth-order valence-electron chi connectivity index (χ4n) is 3.08. The van der Waals surface area contributed by atoms with Gasteiger partial charge in [0.15, 0.2) is 0 Å². The lowest BCUT2D eigenvalue weighted by Crippen LogP contribution is -2.47. The maximum atomic E-state index is 13.0. The Hall–Kier alpha value is -2.93. The summed E-state index contributed by atoms with van der Waals surface area (Å²) in [6.45, 7) is 3.83. The number of rotatable bonds is 4. The molecule has 1 aliphatic heterocycles. The van der Waals surface area contributed by atoms with Crippen LogP contribution in [0.3, 0.4) is 0 Å². The summed E-state index contributed by atoms with van der Waals surface area (Å²) in [5.41, 5.74) is 1.79. The first-order valence-electron chi connectivity index (χ1n) is 8.55. The van der Waals surface area contributed by atoms with Crippen molar-refractivity contribution < 1.29 is 8.81 Å². The molecule has 1 saturated heterocycles. The van der Waals surface area contributed by atoms with Gasteiger partial charge in [0.05, 0.1) is 0 Å². The summed E-state index contributed by atoms with van der Waals surface area (Å²) in [7, 11) is 0. The van der Waals surface area contributed by atoms with Crippen LogP contribution in [0.15, 0.2) is 63.8 Å². The van der Waals surface area contributed by atoms with Crippen LogP contribution in [-0.2, 0) is 6.67 Å². The zero-order valence-corrected chi connectivity index (χ0v) is 14.2. The largest absolute Gasteiger partial charge is 0.438 e. The molecule has 0 spiro atoms. The minimum absolute atomic E-state index is 0.206. The lowest BCUT2D eigenvalue weighted by molar-refractivity contribution is 0.189. The zero-order chi connectivity index (χ0) is 17.9. The predicted octanol–water partition coefficient (Wildman–Crippen LogP) is 2.42. The Kier molecular flexibility index (Phi) is 4.53. The molecule has 2 heterocycles. The van der Waals surface area contributed by atoms with Crippen molar-refractivity contribution >= 4 is 5.69 Å². The Morgan fingerprint density at radius 2 is 1.65 bits per heavy atom. The van der Waals surface area contributed by atoms with Crippen LogP contribution in [0, 0.1) is 5.82 Å². The van der Waals surface area contributed by atoms with E-state index in [1.54, 1.807) is 12.1 Å². The van der Waals surface area contributed by atoms with Gasteiger partial charge in [0.25, 0.3) is 0 Å². The molecule has 7 heteroatoms. The topological polar surface area (TPSA) is 54.5 Å². The second kappa shape index (κ2) is 7.13. The lowest BCUT2D eigenvalue weighted by atomic mass is 10.2. The molecule has 0 atom stereocenters. The average Bonchev–Trinajstić information content (AvgIpc) is 3.04. The highest BCUT2D eigenvalue weighted by Gasteiger charge is 2.19. The van der Waals surface area contributed by atoms with Crippen LogP contribution < -0.4 is 10.7 Å². The number of halogens is 1. The molecule has 0 saturated carbocycles. The van der Waals surface area contributed by atoms with Crippen molar-refractivity contribution in [1.82, 2.24) is 14.7 Å². The van der Waals surface area contributed by atoms with Crippen molar-refractivity contribution in [1.29, 1.82) is 0 Å². The van der Waals surface area contributed by atoms with Crippen LogP contribution in [0.2, 0.25) is 0 Å². The molecule has 1 aromatic heterocycles. The Labute approximate surface area is 150 Å². The van der Waals surface area contributed by atoms with E-state index in [1.807, 2.05) is 18.2 Å². The molecule has 26 heavy (non-hydrogen) atoms. The van der Waals surface area contributed by atoms with Gasteiger partial charge in [0.2, 0.25) is 5.89 Å². The van der Waals surface area contributed by atoms with Crippen molar-refractivity contribution in [3.63, 3.8) is 0 Å². The third kappa shape index (κ3) is 3.52. The van der Waals surface area contributed by atoms with E-state index in [1.165, 1.54) is 22.5 Å². The first-order chi connectivity index (χ1) is 12.7. The van der Waals surface area contributed by atoms with Crippen LogP contribution in [0.25, 0.3) is 11.5 Å². The number of anilines is 1. The van der Waals surface area contributed by atoms with Gasteiger partial charge in [-0.2, -0.15) is 4.68 Å². The molecular formula is C19H19FN4O2. The predicted molar refractivity (Wildman–Crippen MR) is 96.4 cm³/mol. The highest BCUT2D eigenvalue weighted by Crippen LogP contribution is 2.17. The van der Waals surface area contributed by atoms with E-state index in [0.717, 1.165) is 26.2 Å². The third-order valence-corrected chi connectivity index (χ3v) is 4.53. The van der Waals surface area contributed by atoms with Crippen molar-refractivity contribution in [2.75, 3.05) is 31.1 Å². The Morgan fingerprint density at radius 3 is 2.35 bits per heavy atom. The number of hydrogen-bond donors (Lipinski definition) is 0. The Balaban J connectivity index is 1.41. The highest BCUT2D eigenvalue weighted by molar-refractivity contribution is 5.51. The van der Waals surface area contributed by atoms with Gasteiger partial charge in [-0.1, -0.05) is 18.2 Å². The molecule has 2 aromatic carbocycles. The molecule has 0 aliphatic carbocycles. The van der Waals surface area contributed by atoms with E-state index in [4.69, 9.17) is 4.42 Å². The minimum Gasteiger partial charge on any atom is -0.388 e. The summed E-state index contributed by atoms with van der Waals surface area (Å²) in [6.07, 6.45) is 0. The minimum atomic E-state index is -0.505. The molecule has 1 fully saturated rings. The monoisotopic (exact) mass is 354 g/mol. The molecule has 0 unspecified atom stereocenters. The van der Waals surface area contributed by atoms with Crippen LogP contribution in [0.4, 0.5) is 10.1 Å². The first kappa shape index (κ1) is 16.5. The van der Waals surface area contributed by atoms with Crippen LogP contribution in [-0.4, -0.2) is 40.9 Å². The first-order valence-corrected chi connectivity index (χ1v) is 8.55. The Bertz CT molecular complexity index is 913. The normalized spacial score (nSPS) is 15.3. The number of piperazine rings is 1. The van der Waals surface area contributed by atoms with Gasteiger partial charge in [0.1, 0.15) is 12.5 Å². The van der Waals surface area contributed by atoms with Gasteiger partial charge in [-0.05, 0) is 36.4 Å². The number of aromatic nitrogens is 2. The standard InChI is InChI=1S/C19H19FN4O2/c20-16-8-6-15(7-9-16)18-21-24(19(25)26-18)14-22-10-12-23(13-11-22)17-4-2-1-3-5-17/h1-9H,10-14H2. The van der Waals surface area contributed by atoms with E-state index < -0.39 is 5.76 Å². The quantitative estimate of drug-likeness (QED) is 0.720. The summed E-state index contributed by atoms with van der Waals surface area (Å²) >= 11 is 0. The van der Waals surface area contributed by atoms with Crippen LogP contribution in [0.5, 0.6) is 0 Å².